The van der Waals surface area contributed by atoms with Crippen molar-refractivity contribution in [2.75, 3.05) is 24.7 Å². The third kappa shape index (κ3) is 3.16. The zero-order chi connectivity index (χ0) is 15.7. The second-order valence-corrected chi connectivity index (χ2v) is 7.20. The molecule has 0 aliphatic heterocycles. The van der Waals surface area contributed by atoms with E-state index in [4.69, 9.17) is 5.73 Å². The van der Waals surface area contributed by atoms with Crippen LogP contribution < -0.4 is 10.6 Å². The van der Waals surface area contributed by atoms with Crippen LogP contribution in [0.1, 0.15) is 35.5 Å². The molecule has 2 aromatic rings. The molecular formula is C16H21N5S. The van der Waals surface area contributed by atoms with Crippen LogP contribution in [-0.2, 0) is 12.8 Å². The number of nitrogen functional groups attached to an aromatic ring is 1. The summed E-state index contributed by atoms with van der Waals surface area (Å²) in [5, 5.41) is 0.128. The van der Waals surface area contributed by atoms with Gasteiger partial charge in [-0.15, -0.1) is 11.8 Å². The molecule has 22 heavy (non-hydrogen) atoms. The molecule has 1 aromatic carbocycles. The predicted molar refractivity (Wildman–Crippen MR) is 91.3 cm³/mol. The van der Waals surface area contributed by atoms with Crippen LogP contribution in [-0.4, -0.2) is 29.0 Å². The Morgan fingerprint density at radius 1 is 1.14 bits per heavy atom. The number of anilines is 2. The lowest BCUT2D eigenvalue weighted by atomic mass is 10.1. The maximum absolute atomic E-state index is 5.80. The fourth-order valence-corrected chi connectivity index (χ4v) is 3.63. The standard InChI is InChI=1S/C16H21N5S/c1-10(14-18-15(17)20-16(19-14)21(2)3)22-13-8-7-11-5-4-6-12(11)9-13/h7-10H,4-6H2,1-3H3,(H2,17,18,19,20). The maximum atomic E-state index is 5.80. The molecule has 0 saturated carbocycles. The molecule has 3 rings (SSSR count). The Labute approximate surface area is 135 Å². The smallest absolute Gasteiger partial charge is 0.229 e. The first-order valence-corrected chi connectivity index (χ1v) is 8.38. The highest BCUT2D eigenvalue weighted by Crippen LogP contribution is 2.36. The summed E-state index contributed by atoms with van der Waals surface area (Å²) in [4.78, 5) is 16.0. The largest absolute Gasteiger partial charge is 0.368 e. The molecule has 0 amide bonds. The summed E-state index contributed by atoms with van der Waals surface area (Å²) in [5.41, 5.74) is 8.79. The van der Waals surface area contributed by atoms with Gasteiger partial charge >= 0.3 is 0 Å². The summed E-state index contributed by atoms with van der Waals surface area (Å²) in [6.07, 6.45) is 3.68. The normalized spacial score (nSPS) is 14.7. The van der Waals surface area contributed by atoms with Crippen LogP contribution in [0.3, 0.4) is 0 Å². The number of hydrogen-bond acceptors (Lipinski definition) is 6. The number of aromatic nitrogens is 3. The molecule has 2 N–H and O–H groups in total. The van der Waals surface area contributed by atoms with E-state index >= 15 is 0 Å². The first-order chi connectivity index (χ1) is 10.5. The van der Waals surface area contributed by atoms with Gasteiger partial charge in [-0.1, -0.05) is 6.07 Å². The quantitative estimate of drug-likeness (QED) is 0.875. The number of rotatable bonds is 4. The molecule has 0 fully saturated rings. The van der Waals surface area contributed by atoms with E-state index in [0.29, 0.717) is 5.95 Å². The molecule has 116 valence electrons. The lowest BCUT2D eigenvalue weighted by molar-refractivity contribution is 0.865. The number of aryl methyl sites for hydroxylation is 2. The molecule has 1 unspecified atom stereocenters. The number of fused-ring (bicyclic) bond motifs is 1. The Morgan fingerprint density at radius 2 is 1.91 bits per heavy atom. The first kappa shape index (κ1) is 15.1. The molecule has 0 saturated heterocycles. The third-order valence-electron chi connectivity index (χ3n) is 3.80. The summed E-state index contributed by atoms with van der Waals surface area (Å²) >= 11 is 1.76. The van der Waals surface area contributed by atoms with Crippen molar-refractivity contribution in [2.45, 2.75) is 36.3 Å². The second-order valence-electron chi connectivity index (χ2n) is 5.79. The molecule has 0 radical (unpaired) electrons. The highest BCUT2D eigenvalue weighted by atomic mass is 32.2. The summed E-state index contributed by atoms with van der Waals surface area (Å²) in [5.74, 6) is 1.60. The van der Waals surface area contributed by atoms with Crippen molar-refractivity contribution in [3.63, 3.8) is 0 Å². The fraction of sp³-hybridized carbons (Fsp3) is 0.438. The highest BCUT2D eigenvalue weighted by molar-refractivity contribution is 7.99. The van der Waals surface area contributed by atoms with E-state index in [1.165, 1.54) is 35.3 Å². The van der Waals surface area contributed by atoms with Gasteiger partial charge in [0.1, 0.15) is 5.82 Å². The average Bonchev–Trinajstić information content (AvgIpc) is 2.94. The van der Waals surface area contributed by atoms with Gasteiger partial charge in [-0.3, -0.25) is 0 Å². The average molecular weight is 315 g/mol. The van der Waals surface area contributed by atoms with Crippen molar-refractivity contribution in [2.24, 2.45) is 0 Å². The van der Waals surface area contributed by atoms with Crippen LogP contribution >= 0.6 is 11.8 Å². The lowest BCUT2D eigenvalue weighted by Gasteiger charge is -2.15. The van der Waals surface area contributed by atoms with Gasteiger partial charge in [0, 0.05) is 19.0 Å². The summed E-state index contributed by atoms with van der Waals surface area (Å²) < 4.78 is 0. The summed E-state index contributed by atoms with van der Waals surface area (Å²) in [6, 6.07) is 6.76. The molecule has 0 bridgehead atoms. The van der Waals surface area contributed by atoms with E-state index in [1.807, 2.05) is 19.0 Å². The van der Waals surface area contributed by atoms with Crippen molar-refractivity contribution >= 4 is 23.7 Å². The van der Waals surface area contributed by atoms with Gasteiger partial charge in [-0.25, -0.2) is 0 Å². The minimum absolute atomic E-state index is 0.128. The maximum Gasteiger partial charge on any atom is 0.229 e. The van der Waals surface area contributed by atoms with Crippen LogP contribution in [0, 0.1) is 0 Å². The van der Waals surface area contributed by atoms with Gasteiger partial charge in [-0.2, -0.15) is 15.0 Å². The van der Waals surface area contributed by atoms with Gasteiger partial charge in [0.15, 0.2) is 0 Å². The van der Waals surface area contributed by atoms with E-state index in [1.54, 1.807) is 11.8 Å². The summed E-state index contributed by atoms with van der Waals surface area (Å²) in [7, 11) is 3.80. The number of benzene rings is 1. The molecule has 1 atom stereocenters. The minimum Gasteiger partial charge on any atom is -0.368 e. The van der Waals surface area contributed by atoms with E-state index in [2.05, 4.69) is 40.1 Å². The number of nitrogens with zero attached hydrogens (tertiary/aromatic N) is 4. The van der Waals surface area contributed by atoms with Crippen LogP contribution in [0.15, 0.2) is 23.1 Å². The van der Waals surface area contributed by atoms with Crippen LogP contribution in [0.25, 0.3) is 0 Å². The number of thioether (sulfide) groups is 1. The third-order valence-corrected chi connectivity index (χ3v) is 4.90. The van der Waals surface area contributed by atoms with Crippen molar-refractivity contribution in [1.29, 1.82) is 0 Å². The fourth-order valence-electron chi connectivity index (χ4n) is 2.66. The van der Waals surface area contributed by atoms with E-state index < -0.39 is 0 Å². The topological polar surface area (TPSA) is 67.9 Å². The van der Waals surface area contributed by atoms with Crippen LogP contribution in [0.4, 0.5) is 11.9 Å². The Hall–Kier alpha value is -1.82. The number of hydrogen-bond donors (Lipinski definition) is 1. The van der Waals surface area contributed by atoms with E-state index in [-0.39, 0.29) is 11.2 Å². The summed E-state index contributed by atoms with van der Waals surface area (Å²) in [6.45, 7) is 2.10. The molecule has 6 heteroatoms. The van der Waals surface area contributed by atoms with Gasteiger partial charge in [0.2, 0.25) is 11.9 Å². The first-order valence-electron chi connectivity index (χ1n) is 7.50. The van der Waals surface area contributed by atoms with E-state index in [0.717, 1.165) is 5.82 Å². The van der Waals surface area contributed by atoms with Gasteiger partial charge in [0.25, 0.3) is 0 Å². The van der Waals surface area contributed by atoms with Crippen LogP contribution in [0.5, 0.6) is 0 Å². The molecule has 1 heterocycles. The molecule has 1 aromatic heterocycles. The Kier molecular flexibility index (Phi) is 4.20. The van der Waals surface area contributed by atoms with Gasteiger partial charge < -0.3 is 10.6 Å². The van der Waals surface area contributed by atoms with Crippen molar-refractivity contribution in [3.8, 4) is 0 Å². The minimum atomic E-state index is 0.128. The number of nitrogens with two attached hydrogens (primary N) is 1. The Morgan fingerprint density at radius 3 is 2.68 bits per heavy atom. The lowest BCUT2D eigenvalue weighted by Crippen LogP contribution is -2.16. The van der Waals surface area contributed by atoms with Gasteiger partial charge in [0.05, 0.1) is 5.25 Å². The SMILES string of the molecule is CC(Sc1ccc2c(c1)CCC2)c1nc(N)nc(N(C)C)n1. The van der Waals surface area contributed by atoms with Gasteiger partial charge in [-0.05, 0) is 49.4 Å². The molecule has 5 nitrogen and oxygen atoms in total. The van der Waals surface area contributed by atoms with E-state index in [9.17, 15) is 0 Å². The monoisotopic (exact) mass is 315 g/mol. The molecule has 1 aliphatic carbocycles. The van der Waals surface area contributed by atoms with Crippen molar-refractivity contribution in [3.05, 3.63) is 35.2 Å². The highest BCUT2D eigenvalue weighted by Gasteiger charge is 2.16. The second kappa shape index (κ2) is 6.12. The zero-order valence-corrected chi connectivity index (χ0v) is 14.0. The molecular weight excluding hydrogens is 294 g/mol. The zero-order valence-electron chi connectivity index (χ0n) is 13.2. The predicted octanol–water partition coefficient (Wildman–Crippen LogP) is 2.86. The van der Waals surface area contributed by atoms with Crippen LogP contribution in [0.2, 0.25) is 0 Å². The Balaban J connectivity index is 1.81. The Bertz CT molecular complexity index is 686. The molecule has 0 spiro atoms. The van der Waals surface area contributed by atoms with Crippen molar-refractivity contribution < 1.29 is 0 Å². The van der Waals surface area contributed by atoms with Crippen molar-refractivity contribution in [1.82, 2.24) is 15.0 Å². The molecule has 1 aliphatic rings.